The third kappa shape index (κ3) is 6.45. The van der Waals surface area contributed by atoms with Crippen molar-refractivity contribution in [3.8, 4) is 0 Å². The fourth-order valence-corrected chi connectivity index (χ4v) is 4.21. The minimum atomic E-state index is 0.0634. The van der Waals surface area contributed by atoms with Crippen LogP contribution in [0.15, 0.2) is 65.8 Å². The Kier molecular flexibility index (Phi) is 8.32. The lowest BCUT2D eigenvalue weighted by Gasteiger charge is -2.19. The smallest absolute Gasteiger partial charge is 0.253 e. The average molecular weight is 455 g/mol. The van der Waals surface area contributed by atoms with Crippen LogP contribution in [0.5, 0.6) is 0 Å². The average Bonchev–Trinajstić information content (AvgIpc) is 2.79. The van der Waals surface area contributed by atoms with E-state index in [1.165, 1.54) is 17.3 Å². The van der Waals surface area contributed by atoms with Crippen molar-refractivity contribution in [2.75, 3.05) is 25.0 Å². The van der Waals surface area contributed by atoms with Crippen LogP contribution in [0.4, 0.5) is 5.82 Å². The second-order valence-corrected chi connectivity index (χ2v) is 8.47. The van der Waals surface area contributed by atoms with Crippen molar-refractivity contribution < 1.29 is 4.79 Å². The number of thioether (sulfide) groups is 1. The molecular weight excluding hydrogens is 428 g/mol. The van der Waals surface area contributed by atoms with Gasteiger partial charge in [0.1, 0.15) is 11.0 Å². The van der Waals surface area contributed by atoms with Crippen molar-refractivity contribution in [2.45, 2.75) is 31.3 Å². The topological polar surface area (TPSA) is 49.3 Å². The van der Waals surface area contributed by atoms with Gasteiger partial charge in [0, 0.05) is 44.1 Å². The summed E-state index contributed by atoms with van der Waals surface area (Å²) in [6, 6.07) is 19.7. The molecule has 0 aliphatic carbocycles. The summed E-state index contributed by atoms with van der Waals surface area (Å²) in [5, 5.41) is 1.05. The number of hydrogen-bond acceptors (Lipinski definition) is 5. The first-order valence-electron chi connectivity index (χ1n) is 10.3. The van der Waals surface area contributed by atoms with Crippen molar-refractivity contribution >= 4 is 35.1 Å². The molecule has 0 unspecified atom stereocenters. The van der Waals surface area contributed by atoms with Crippen molar-refractivity contribution in [2.24, 2.45) is 0 Å². The second-order valence-electron chi connectivity index (χ2n) is 7.14. The van der Waals surface area contributed by atoms with Gasteiger partial charge in [-0.3, -0.25) is 4.79 Å². The lowest BCUT2D eigenvalue weighted by molar-refractivity contribution is 0.0773. The zero-order valence-corrected chi connectivity index (χ0v) is 19.7. The molecule has 0 saturated heterocycles. The summed E-state index contributed by atoms with van der Waals surface area (Å²) in [5.41, 5.74) is 3.01. The number of halogens is 1. The Hall–Kier alpha value is -2.57. The van der Waals surface area contributed by atoms with Gasteiger partial charge in [-0.1, -0.05) is 65.8 Å². The third-order valence-electron chi connectivity index (χ3n) is 4.93. The normalized spacial score (nSPS) is 10.7. The summed E-state index contributed by atoms with van der Waals surface area (Å²) in [7, 11) is 1.99. The predicted octanol–water partition coefficient (Wildman–Crippen LogP) is 5.54. The van der Waals surface area contributed by atoms with E-state index in [4.69, 9.17) is 11.6 Å². The molecule has 0 fully saturated rings. The number of carbonyl (C=O) groups is 1. The Bertz CT molecular complexity index is 994. The van der Waals surface area contributed by atoms with Crippen molar-refractivity contribution in [3.63, 3.8) is 0 Å². The molecule has 0 bridgehead atoms. The number of amides is 1. The molecule has 0 atom stereocenters. The lowest BCUT2D eigenvalue weighted by Crippen LogP contribution is -2.30. The van der Waals surface area contributed by atoms with Crippen LogP contribution in [0.1, 0.15) is 35.3 Å². The summed E-state index contributed by atoms with van der Waals surface area (Å²) in [4.78, 5) is 25.3. The molecule has 0 radical (unpaired) electrons. The SMILES string of the molecule is CCN(CC)C(=O)c1ccc(CSc2nc(Cl)cc(N(C)Cc3ccccc3)n2)cc1. The van der Waals surface area contributed by atoms with Crippen LogP contribution < -0.4 is 4.90 Å². The van der Waals surface area contributed by atoms with Crippen molar-refractivity contribution in [3.05, 3.63) is 82.5 Å². The Morgan fingerprint density at radius 1 is 0.968 bits per heavy atom. The van der Waals surface area contributed by atoms with E-state index in [1.807, 2.05) is 68.3 Å². The molecule has 0 spiro atoms. The number of anilines is 1. The van der Waals surface area contributed by atoms with Gasteiger partial charge in [-0.25, -0.2) is 9.97 Å². The van der Waals surface area contributed by atoms with Crippen LogP contribution in [0.3, 0.4) is 0 Å². The minimum Gasteiger partial charge on any atom is -0.355 e. The van der Waals surface area contributed by atoms with Crippen LogP contribution in [-0.2, 0) is 12.3 Å². The molecule has 3 rings (SSSR count). The minimum absolute atomic E-state index is 0.0634. The Labute approximate surface area is 193 Å². The number of carbonyl (C=O) groups excluding carboxylic acids is 1. The molecule has 0 aliphatic rings. The van der Waals surface area contributed by atoms with Gasteiger partial charge in [0.25, 0.3) is 5.91 Å². The molecule has 1 amide bonds. The molecule has 0 N–H and O–H groups in total. The van der Waals surface area contributed by atoms with Crippen LogP contribution in [0.25, 0.3) is 0 Å². The van der Waals surface area contributed by atoms with E-state index in [0.717, 1.165) is 17.9 Å². The van der Waals surface area contributed by atoms with E-state index >= 15 is 0 Å². The summed E-state index contributed by atoms with van der Waals surface area (Å²) in [6.45, 7) is 6.13. The van der Waals surface area contributed by atoms with Crippen LogP contribution >= 0.6 is 23.4 Å². The monoisotopic (exact) mass is 454 g/mol. The van der Waals surface area contributed by atoms with Gasteiger partial charge in [-0.05, 0) is 37.1 Å². The fraction of sp³-hybridized carbons (Fsp3) is 0.292. The lowest BCUT2D eigenvalue weighted by atomic mass is 10.1. The predicted molar refractivity (Wildman–Crippen MR) is 129 cm³/mol. The maximum atomic E-state index is 12.4. The number of benzene rings is 2. The first-order valence-corrected chi connectivity index (χ1v) is 11.7. The molecule has 5 nitrogen and oxygen atoms in total. The van der Waals surface area contributed by atoms with E-state index < -0.39 is 0 Å². The molecule has 162 valence electrons. The summed E-state index contributed by atoms with van der Waals surface area (Å²) >= 11 is 7.78. The molecule has 1 aromatic heterocycles. The Morgan fingerprint density at radius 2 is 1.65 bits per heavy atom. The van der Waals surface area contributed by atoms with Gasteiger partial charge in [0.05, 0.1) is 0 Å². The number of aromatic nitrogens is 2. The van der Waals surface area contributed by atoms with Crippen molar-refractivity contribution in [1.82, 2.24) is 14.9 Å². The highest BCUT2D eigenvalue weighted by Crippen LogP contribution is 2.25. The maximum Gasteiger partial charge on any atom is 0.253 e. The van der Waals surface area contributed by atoms with Crippen LogP contribution in [0, 0.1) is 0 Å². The zero-order valence-electron chi connectivity index (χ0n) is 18.1. The molecule has 1 heterocycles. The Balaban J connectivity index is 1.64. The van der Waals surface area contributed by atoms with E-state index in [2.05, 4.69) is 27.0 Å². The zero-order chi connectivity index (χ0) is 22.2. The van der Waals surface area contributed by atoms with Gasteiger partial charge in [0.2, 0.25) is 0 Å². The maximum absolute atomic E-state index is 12.4. The Morgan fingerprint density at radius 3 is 2.29 bits per heavy atom. The highest BCUT2D eigenvalue weighted by atomic mass is 35.5. The summed E-state index contributed by atoms with van der Waals surface area (Å²) in [6.07, 6.45) is 0. The van der Waals surface area contributed by atoms with Gasteiger partial charge < -0.3 is 9.80 Å². The molecule has 2 aromatic carbocycles. The molecule has 0 saturated carbocycles. The standard InChI is InChI=1S/C24H27ClN4OS/c1-4-29(5-2)23(30)20-13-11-19(12-14-20)17-31-24-26-21(25)15-22(27-24)28(3)16-18-9-7-6-8-10-18/h6-15H,4-5,16-17H2,1-3H3. The van der Waals surface area contributed by atoms with E-state index in [9.17, 15) is 4.79 Å². The van der Waals surface area contributed by atoms with Gasteiger partial charge >= 0.3 is 0 Å². The number of nitrogens with zero attached hydrogens (tertiary/aromatic N) is 4. The fourth-order valence-electron chi connectivity index (χ4n) is 3.17. The van der Waals surface area contributed by atoms with Gasteiger partial charge in [-0.15, -0.1) is 0 Å². The molecule has 0 aliphatic heterocycles. The first-order chi connectivity index (χ1) is 15.0. The van der Waals surface area contributed by atoms with Gasteiger partial charge in [0.15, 0.2) is 5.16 Å². The molecular formula is C24H27ClN4OS. The van der Waals surface area contributed by atoms with Gasteiger partial charge in [-0.2, -0.15) is 0 Å². The first kappa shape index (κ1) is 23.1. The molecule has 7 heteroatoms. The van der Waals surface area contributed by atoms with E-state index in [-0.39, 0.29) is 5.91 Å². The van der Waals surface area contributed by atoms with E-state index in [1.54, 1.807) is 6.07 Å². The highest BCUT2D eigenvalue weighted by Gasteiger charge is 2.13. The van der Waals surface area contributed by atoms with Crippen molar-refractivity contribution in [1.29, 1.82) is 0 Å². The quantitative estimate of drug-likeness (QED) is 0.241. The largest absolute Gasteiger partial charge is 0.355 e. The highest BCUT2D eigenvalue weighted by molar-refractivity contribution is 7.98. The molecule has 31 heavy (non-hydrogen) atoms. The third-order valence-corrected chi connectivity index (χ3v) is 6.05. The second kappa shape index (κ2) is 11.2. The number of hydrogen-bond donors (Lipinski definition) is 0. The summed E-state index contributed by atoms with van der Waals surface area (Å²) in [5.74, 6) is 1.54. The van der Waals surface area contributed by atoms with E-state index in [0.29, 0.717) is 34.7 Å². The molecule has 3 aromatic rings. The van der Waals surface area contributed by atoms with Crippen LogP contribution in [-0.4, -0.2) is 40.9 Å². The summed E-state index contributed by atoms with van der Waals surface area (Å²) < 4.78 is 0. The van der Waals surface area contributed by atoms with Crippen LogP contribution in [0.2, 0.25) is 5.15 Å². The number of rotatable bonds is 9.